The summed E-state index contributed by atoms with van der Waals surface area (Å²) in [4.78, 5) is 13.3. The van der Waals surface area contributed by atoms with E-state index in [0.29, 0.717) is 28.7 Å². The molecule has 1 heterocycles. The zero-order valence-corrected chi connectivity index (χ0v) is 16.4. The number of phenolic OH excluding ortho intramolecular Hbond substituents is 1. The molecule has 1 aromatic heterocycles. The number of phenols is 1. The van der Waals surface area contributed by atoms with E-state index >= 15 is 0 Å². The Labute approximate surface area is 169 Å². The Balaban J connectivity index is 1.77. The van der Waals surface area contributed by atoms with Crippen molar-refractivity contribution >= 4 is 11.0 Å². The van der Waals surface area contributed by atoms with Gasteiger partial charge in [0.2, 0.25) is 5.43 Å². The van der Waals surface area contributed by atoms with Crippen molar-refractivity contribution in [1.29, 1.82) is 0 Å². The van der Waals surface area contributed by atoms with Gasteiger partial charge in [-0.2, -0.15) is 0 Å². The lowest BCUT2D eigenvalue weighted by Gasteiger charge is -2.10. The Morgan fingerprint density at radius 3 is 2.38 bits per heavy atom. The number of fused-ring (bicyclic) bond motifs is 1. The van der Waals surface area contributed by atoms with Crippen LogP contribution in [0.2, 0.25) is 0 Å². The van der Waals surface area contributed by atoms with Gasteiger partial charge in [0.15, 0.2) is 0 Å². The van der Waals surface area contributed by atoms with E-state index < -0.39 is 0 Å². The van der Waals surface area contributed by atoms with E-state index in [9.17, 15) is 9.90 Å². The Bertz CT molecular complexity index is 1210. The van der Waals surface area contributed by atoms with Crippen molar-refractivity contribution in [2.24, 2.45) is 0 Å². The summed E-state index contributed by atoms with van der Waals surface area (Å²) in [5, 5.41) is 10.9. The topological polar surface area (TPSA) is 59.7 Å². The van der Waals surface area contributed by atoms with Crippen molar-refractivity contribution in [2.75, 3.05) is 7.11 Å². The Morgan fingerprint density at radius 1 is 0.966 bits per heavy atom. The van der Waals surface area contributed by atoms with Gasteiger partial charge >= 0.3 is 0 Å². The van der Waals surface area contributed by atoms with Crippen molar-refractivity contribution in [3.8, 4) is 22.6 Å². The molecule has 0 aliphatic carbocycles. The van der Waals surface area contributed by atoms with Crippen LogP contribution in [0.4, 0.5) is 0 Å². The molecule has 0 saturated heterocycles. The average molecular weight is 386 g/mol. The summed E-state index contributed by atoms with van der Waals surface area (Å²) >= 11 is 0. The van der Waals surface area contributed by atoms with Crippen molar-refractivity contribution in [3.63, 3.8) is 0 Å². The third-order valence-electron chi connectivity index (χ3n) is 5.17. The van der Waals surface area contributed by atoms with E-state index in [-0.39, 0.29) is 11.2 Å². The third kappa shape index (κ3) is 3.74. The van der Waals surface area contributed by atoms with Gasteiger partial charge in [-0.1, -0.05) is 42.5 Å². The highest BCUT2D eigenvalue weighted by Crippen LogP contribution is 2.30. The summed E-state index contributed by atoms with van der Waals surface area (Å²) in [5.74, 6) is 1.39. The van der Waals surface area contributed by atoms with Gasteiger partial charge in [-0.3, -0.25) is 4.79 Å². The van der Waals surface area contributed by atoms with Crippen LogP contribution >= 0.6 is 0 Å². The number of benzene rings is 3. The van der Waals surface area contributed by atoms with Crippen LogP contribution in [0.15, 0.2) is 75.9 Å². The molecule has 0 bridgehead atoms. The minimum Gasteiger partial charge on any atom is -0.508 e. The summed E-state index contributed by atoms with van der Waals surface area (Å²) < 4.78 is 11.1. The molecule has 29 heavy (non-hydrogen) atoms. The SMILES string of the molecule is COc1ccc(-c2c(C)oc3cc(O)c(CCc4ccccc4)cc3c2=O)cc1. The predicted octanol–water partition coefficient (Wildman–Crippen LogP) is 5.27. The second kappa shape index (κ2) is 7.84. The number of aromatic hydroxyl groups is 1. The molecule has 0 aliphatic heterocycles. The minimum absolute atomic E-state index is 0.102. The summed E-state index contributed by atoms with van der Waals surface area (Å²) in [6, 6.07) is 20.7. The van der Waals surface area contributed by atoms with E-state index in [0.717, 1.165) is 23.3 Å². The second-order valence-corrected chi connectivity index (χ2v) is 7.05. The minimum atomic E-state index is -0.102. The fourth-order valence-electron chi connectivity index (χ4n) is 3.60. The normalized spacial score (nSPS) is 11.0. The molecule has 0 fully saturated rings. The van der Waals surface area contributed by atoms with Crippen LogP contribution in [-0.4, -0.2) is 12.2 Å². The summed E-state index contributed by atoms with van der Waals surface area (Å²) in [6.45, 7) is 1.76. The van der Waals surface area contributed by atoms with Gasteiger partial charge in [-0.15, -0.1) is 0 Å². The fraction of sp³-hybridized carbons (Fsp3) is 0.160. The zero-order valence-electron chi connectivity index (χ0n) is 16.4. The summed E-state index contributed by atoms with van der Waals surface area (Å²) in [6.07, 6.45) is 1.42. The van der Waals surface area contributed by atoms with Crippen LogP contribution in [-0.2, 0) is 12.8 Å². The van der Waals surface area contributed by atoms with Gasteiger partial charge in [0.1, 0.15) is 22.8 Å². The van der Waals surface area contributed by atoms with Gasteiger partial charge in [0.05, 0.1) is 18.1 Å². The summed E-state index contributed by atoms with van der Waals surface area (Å²) in [7, 11) is 1.61. The van der Waals surface area contributed by atoms with Crippen molar-refractivity contribution in [2.45, 2.75) is 19.8 Å². The van der Waals surface area contributed by atoms with Gasteiger partial charge in [0, 0.05) is 6.07 Å². The molecular weight excluding hydrogens is 364 g/mol. The predicted molar refractivity (Wildman–Crippen MR) is 115 cm³/mol. The highest BCUT2D eigenvalue weighted by molar-refractivity contribution is 5.84. The first-order valence-corrected chi connectivity index (χ1v) is 9.54. The summed E-state index contributed by atoms with van der Waals surface area (Å²) in [5.41, 5.74) is 3.51. The first-order chi connectivity index (χ1) is 14.1. The number of rotatable bonds is 5. The van der Waals surface area contributed by atoms with Crippen molar-refractivity contribution in [3.05, 3.63) is 93.8 Å². The maximum Gasteiger partial charge on any atom is 0.200 e. The molecule has 3 aromatic carbocycles. The van der Waals surface area contributed by atoms with E-state index in [1.54, 1.807) is 26.2 Å². The molecule has 4 nitrogen and oxygen atoms in total. The van der Waals surface area contributed by atoms with Crippen molar-refractivity contribution in [1.82, 2.24) is 0 Å². The van der Waals surface area contributed by atoms with E-state index in [1.165, 1.54) is 5.56 Å². The number of hydrogen-bond acceptors (Lipinski definition) is 4. The van der Waals surface area contributed by atoms with E-state index in [2.05, 4.69) is 12.1 Å². The molecule has 0 unspecified atom stereocenters. The highest BCUT2D eigenvalue weighted by Gasteiger charge is 2.16. The number of ether oxygens (including phenoxy) is 1. The molecule has 0 spiro atoms. The van der Waals surface area contributed by atoms with Gasteiger partial charge in [-0.05, 0) is 54.7 Å². The van der Waals surface area contributed by atoms with Gasteiger partial charge < -0.3 is 14.3 Å². The van der Waals surface area contributed by atoms with E-state index in [4.69, 9.17) is 9.15 Å². The smallest absolute Gasteiger partial charge is 0.200 e. The molecule has 0 amide bonds. The average Bonchev–Trinajstić information content (AvgIpc) is 2.74. The van der Waals surface area contributed by atoms with Gasteiger partial charge in [0.25, 0.3) is 0 Å². The molecule has 146 valence electrons. The molecule has 4 aromatic rings. The number of aryl methyl sites for hydroxylation is 3. The Hall–Kier alpha value is -3.53. The largest absolute Gasteiger partial charge is 0.508 e. The molecule has 0 aliphatic rings. The van der Waals surface area contributed by atoms with Crippen LogP contribution in [0, 0.1) is 6.92 Å². The number of hydrogen-bond donors (Lipinski definition) is 1. The lowest BCUT2D eigenvalue weighted by molar-refractivity contribution is 0.415. The Kier molecular flexibility index (Phi) is 5.09. The molecule has 1 N–H and O–H groups in total. The molecule has 0 atom stereocenters. The van der Waals surface area contributed by atoms with Gasteiger partial charge in [-0.25, -0.2) is 0 Å². The lowest BCUT2D eigenvalue weighted by Crippen LogP contribution is -2.08. The van der Waals surface area contributed by atoms with E-state index in [1.807, 2.05) is 42.5 Å². The first-order valence-electron chi connectivity index (χ1n) is 9.54. The first kappa shape index (κ1) is 18.8. The molecule has 4 rings (SSSR count). The fourth-order valence-corrected chi connectivity index (χ4v) is 3.60. The van der Waals surface area contributed by atoms with Crippen molar-refractivity contribution < 1.29 is 14.3 Å². The Morgan fingerprint density at radius 2 is 1.69 bits per heavy atom. The van der Waals surface area contributed by atoms with Crippen LogP contribution in [0.5, 0.6) is 11.5 Å². The quantitative estimate of drug-likeness (QED) is 0.508. The second-order valence-electron chi connectivity index (χ2n) is 7.05. The standard InChI is InChI=1S/C25H22O4/c1-16-24(18-10-12-20(28-2)13-11-18)25(27)21-14-19(22(26)15-23(21)29-16)9-8-17-6-4-3-5-7-17/h3-7,10-15,26H,8-9H2,1-2H3. The molecular formula is C25H22O4. The van der Waals surface area contributed by atoms with Crippen LogP contribution in [0.1, 0.15) is 16.9 Å². The molecule has 0 saturated carbocycles. The molecule has 4 heteroatoms. The third-order valence-corrected chi connectivity index (χ3v) is 5.17. The van der Waals surface area contributed by atoms with Crippen LogP contribution < -0.4 is 10.2 Å². The lowest BCUT2D eigenvalue weighted by atomic mass is 9.99. The van der Waals surface area contributed by atoms with Crippen LogP contribution in [0.25, 0.3) is 22.1 Å². The highest BCUT2D eigenvalue weighted by atomic mass is 16.5. The zero-order chi connectivity index (χ0) is 20.4. The number of methoxy groups -OCH3 is 1. The maximum absolute atomic E-state index is 13.3. The maximum atomic E-state index is 13.3. The molecule has 0 radical (unpaired) electrons. The monoisotopic (exact) mass is 386 g/mol. The van der Waals surface area contributed by atoms with Crippen LogP contribution in [0.3, 0.4) is 0 Å².